The molecule has 0 aliphatic rings. The van der Waals surface area contributed by atoms with Crippen molar-refractivity contribution < 1.29 is 28.0 Å². The van der Waals surface area contributed by atoms with E-state index in [1.807, 2.05) is 0 Å². The molecule has 8 heteroatoms. The second kappa shape index (κ2) is 12.9. The van der Waals surface area contributed by atoms with Gasteiger partial charge in [-0.3, -0.25) is 9.36 Å². The van der Waals surface area contributed by atoms with E-state index < -0.39 is 7.82 Å². The van der Waals surface area contributed by atoms with Crippen molar-refractivity contribution in [2.45, 2.75) is 52.1 Å². The topological polar surface area (TPSA) is 96.9 Å². The summed E-state index contributed by atoms with van der Waals surface area (Å²) in [5.74, 6) is 0.0630. The first-order valence-corrected chi connectivity index (χ1v) is 10.4. The smallest absolute Gasteiger partial charge is 0.319 e. The molecule has 1 amide bonds. The molecule has 0 saturated heterocycles. The lowest BCUT2D eigenvalue weighted by Crippen LogP contribution is -2.27. The minimum atomic E-state index is -4.49. The minimum Gasteiger partial charge on any atom is -0.746 e. The fraction of sp³-hybridized carbons (Fsp3) is 0.611. The Labute approximate surface area is 155 Å². The highest BCUT2D eigenvalue weighted by Gasteiger charge is 2.12. The summed E-state index contributed by atoms with van der Waals surface area (Å²) < 4.78 is 26.5. The Balaban J connectivity index is 2.23. The highest BCUT2D eigenvalue weighted by atomic mass is 31.2. The van der Waals surface area contributed by atoms with Crippen LogP contribution in [0.4, 0.5) is 0 Å². The molecule has 1 N–H and O–H groups in total. The molecule has 1 atom stereocenters. The Hall–Kier alpha value is -1.40. The fourth-order valence-corrected chi connectivity index (χ4v) is 3.08. The summed E-state index contributed by atoms with van der Waals surface area (Å²) in [6.45, 7) is 2.44. The number of hydrogen-bond donors (Lipinski definition) is 1. The van der Waals surface area contributed by atoms with Gasteiger partial charge in [-0.1, -0.05) is 44.7 Å². The molecule has 0 aliphatic carbocycles. The van der Waals surface area contributed by atoms with Crippen LogP contribution in [0.2, 0.25) is 0 Å². The summed E-state index contributed by atoms with van der Waals surface area (Å²) >= 11 is 0. The number of ether oxygens (including phenoxy) is 1. The van der Waals surface area contributed by atoms with Gasteiger partial charge in [-0.2, -0.15) is 0 Å². The van der Waals surface area contributed by atoms with Crippen LogP contribution >= 0.6 is 7.82 Å². The molecule has 1 unspecified atom stereocenters. The van der Waals surface area contributed by atoms with Crippen LogP contribution in [0.5, 0.6) is 5.75 Å². The molecule has 0 heterocycles. The number of rotatable bonds is 14. The Kier molecular flexibility index (Phi) is 11.2. The first-order chi connectivity index (χ1) is 12.5. The number of nitrogens with one attached hydrogen (secondary N) is 1. The minimum absolute atomic E-state index is 0.0981. The number of carbonyl (C=O) groups excluding carboxylic acids is 1. The zero-order valence-electron chi connectivity index (χ0n) is 15.6. The largest absolute Gasteiger partial charge is 0.746 e. The van der Waals surface area contributed by atoms with E-state index in [0.717, 1.165) is 31.2 Å². The molecule has 1 aromatic rings. The number of benzene rings is 1. The van der Waals surface area contributed by atoms with Crippen molar-refractivity contribution in [3.05, 3.63) is 29.8 Å². The third-order valence-corrected chi connectivity index (χ3v) is 4.54. The number of amides is 1. The SMILES string of the molecule is CCCCCCCC(=O)NCCOP(=O)([O-])Oc1cccc(COC)c1. The maximum Gasteiger partial charge on any atom is 0.319 e. The quantitative estimate of drug-likeness (QED) is 0.390. The van der Waals surface area contributed by atoms with E-state index in [-0.39, 0.29) is 24.8 Å². The van der Waals surface area contributed by atoms with E-state index in [1.54, 1.807) is 25.3 Å². The molecule has 1 aromatic carbocycles. The molecule has 0 radical (unpaired) electrons. The van der Waals surface area contributed by atoms with Crippen molar-refractivity contribution in [3.8, 4) is 5.75 Å². The van der Waals surface area contributed by atoms with Crippen molar-refractivity contribution in [1.29, 1.82) is 0 Å². The number of carbonyl (C=O) groups is 1. The normalized spacial score (nSPS) is 13.2. The highest BCUT2D eigenvalue weighted by molar-refractivity contribution is 7.46. The summed E-state index contributed by atoms with van der Waals surface area (Å²) in [5, 5.41) is 2.64. The van der Waals surface area contributed by atoms with E-state index in [2.05, 4.69) is 12.2 Å². The third kappa shape index (κ3) is 10.6. The van der Waals surface area contributed by atoms with Gasteiger partial charge in [0.25, 0.3) is 0 Å². The second-order valence-electron chi connectivity index (χ2n) is 5.97. The lowest BCUT2D eigenvalue weighted by atomic mass is 10.1. The predicted octanol–water partition coefficient (Wildman–Crippen LogP) is 3.17. The number of unbranched alkanes of at least 4 members (excludes halogenated alkanes) is 4. The Morgan fingerprint density at radius 3 is 2.73 bits per heavy atom. The average Bonchev–Trinajstić information content (AvgIpc) is 2.59. The van der Waals surface area contributed by atoms with Gasteiger partial charge in [0.15, 0.2) is 0 Å². The summed E-state index contributed by atoms with van der Waals surface area (Å²) in [6, 6.07) is 6.56. The van der Waals surface area contributed by atoms with Crippen molar-refractivity contribution in [2.75, 3.05) is 20.3 Å². The molecule has 0 fully saturated rings. The Bertz CT molecular complexity index is 581. The van der Waals surface area contributed by atoms with Crippen molar-refractivity contribution in [3.63, 3.8) is 0 Å². The number of phosphoric acid groups is 1. The van der Waals surface area contributed by atoms with Crippen LogP contribution < -0.4 is 14.7 Å². The van der Waals surface area contributed by atoms with Gasteiger partial charge in [-0.15, -0.1) is 0 Å². The predicted molar refractivity (Wildman–Crippen MR) is 97.7 cm³/mol. The monoisotopic (exact) mass is 386 g/mol. The second-order valence-corrected chi connectivity index (χ2v) is 7.30. The van der Waals surface area contributed by atoms with Gasteiger partial charge in [-0.05, 0) is 24.1 Å². The summed E-state index contributed by atoms with van der Waals surface area (Å²) in [7, 11) is -2.94. The Morgan fingerprint density at radius 1 is 1.23 bits per heavy atom. The lowest BCUT2D eigenvalue weighted by Gasteiger charge is -2.23. The fourth-order valence-electron chi connectivity index (χ4n) is 2.34. The number of methoxy groups -OCH3 is 1. The molecule has 148 valence electrons. The van der Waals surface area contributed by atoms with Gasteiger partial charge in [0.05, 0.1) is 13.2 Å². The van der Waals surface area contributed by atoms with Crippen LogP contribution in [0.1, 0.15) is 51.0 Å². The van der Waals surface area contributed by atoms with E-state index in [1.165, 1.54) is 12.5 Å². The zero-order chi connectivity index (χ0) is 19.3. The van der Waals surface area contributed by atoms with E-state index in [0.29, 0.717) is 13.0 Å². The molecule has 26 heavy (non-hydrogen) atoms. The average molecular weight is 386 g/mol. The van der Waals surface area contributed by atoms with Gasteiger partial charge in [0.1, 0.15) is 5.75 Å². The summed E-state index contributed by atoms with van der Waals surface area (Å²) in [6.07, 6.45) is 5.80. The van der Waals surface area contributed by atoms with Gasteiger partial charge < -0.3 is 24.0 Å². The zero-order valence-corrected chi connectivity index (χ0v) is 16.5. The molecule has 0 saturated carbocycles. The molecule has 1 rings (SSSR count). The first kappa shape index (κ1) is 22.6. The molecular weight excluding hydrogens is 357 g/mol. The van der Waals surface area contributed by atoms with E-state index in [9.17, 15) is 14.3 Å². The molecule has 0 bridgehead atoms. The summed E-state index contributed by atoms with van der Waals surface area (Å²) in [4.78, 5) is 23.5. The molecular formula is C18H29NO6P-. The lowest BCUT2D eigenvalue weighted by molar-refractivity contribution is -0.216. The van der Waals surface area contributed by atoms with Crippen molar-refractivity contribution >= 4 is 13.7 Å². The number of hydrogen-bond acceptors (Lipinski definition) is 6. The van der Waals surface area contributed by atoms with Crippen molar-refractivity contribution in [2.24, 2.45) is 0 Å². The van der Waals surface area contributed by atoms with E-state index in [4.69, 9.17) is 13.8 Å². The maximum absolute atomic E-state index is 11.8. The van der Waals surface area contributed by atoms with Crippen molar-refractivity contribution in [1.82, 2.24) is 5.32 Å². The third-order valence-electron chi connectivity index (χ3n) is 3.61. The molecule has 0 aliphatic heterocycles. The van der Waals surface area contributed by atoms with Gasteiger partial charge in [0, 0.05) is 20.1 Å². The van der Waals surface area contributed by atoms with Crippen LogP contribution in [0.25, 0.3) is 0 Å². The van der Waals surface area contributed by atoms with Gasteiger partial charge in [0.2, 0.25) is 5.91 Å². The van der Waals surface area contributed by atoms with Crippen LogP contribution in [0, 0.1) is 0 Å². The van der Waals surface area contributed by atoms with E-state index >= 15 is 0 Å². The molecule has 7 nitrogen and oxygen atoms in total. The molecule has 0 spiro atoms. The molecule has 0 aromatic heterocycles. The standard InChI is InChI=1S/C18H30NO6P/c1-3-4-5-6-7-11-18(20)19-12-13-24-26(21,22)25-17-10-8-9-16(14-17)15-23-2/h8-10,14H,3-7,11-13,15H2,1-2H3,(H,19,20)(H,21,22)/p-1. The maximum atomic E-state index is 11.8. The summed E-state index contributed by atoms with van der Waals surface area (Å²) in [5.41, 5.74) is 0.788. The van der Waals surface area contributed by atoms with Crippen LogP contribution in [0.15, 0.2) is 24.3 Å². The highest BCUT2D eigenvalue weighted by Crippen LogP contribution is 2.39. The number of phosphoric ester groups is 1. The Morgan fingerprint density at radius 2 is 2.00 bits per heavy atom. The van der Waals surface area contributed by atoms with Gasteiger partial charge in [-0.25, -0.2) is 0 Å². The van der Waals surface area contributed by atoms with Gasteiger partial charge >= 0.3 is 7.82 Å². The van der Waals surface area contributed by atoms with Crippen LogP contribution in [0.3, 0.4) is 0 Å². The van der Waals surface area contributed by atoms with Crippen LogP contribution in [-0.2, 0) is 25.2 Å². The first-order valence-electron chi connectivity index (χ1n) is 8.96. The van der Waals surface area contributed by atoms with Crippen LogP contribution in [-0.4, -0.2) is 26.2 Å².